The highest BCUT2D eigenvalue weighted by atomic mass is 16.3. The van der Waals surface area contributed by atoms with Gasteiger partial charge in [-0.15, -0.1) is 6.58 Å². The molecular formula is C12H17NO. The Kier molecular flexibility index (Phi) is 3.72. The largest absolute Gasteiger partial charge is 0.507 e. The summed E-state index contributed by atoms with van der Waals surface area (Å²) >= 11 is 0. The second-order valence-electron chi connectivity index (χ2n) is 3.49. The van der Waals surface area contributed by atoms with Crippen LogP contribution < -0.4 is 5.73 Å². The van der Waals surface area contributed by atoms with Crippen LogP contribution in [-0.4, -0.2) is 5.11 Å². The number of allylic oxidation sites excluding steroid dienone is 1. The first-order chi connectivity index (χ1) is 6.66. The fourth-order valence-corrected chi connectivity index (χ4v) is 1.43. The Bertz CT molecular complexity index is 320. The minimum atomic E-state index is -0.104. The zero-order chi connectivity index (χ0) is 10.6. The van der Waals surface area contributed by atoms with Crippen LogP contribution in [0.5, 0.6) is 5.75 Å². The van der Waals surface area contributed by atoms with Crippen LogP contribution in [0.4, 0.5) is 0 Å². The summed E-state index contributed by atoms with van der Waals surface area (Å²) < 4.78 is 0. The number of phenolic OH excluding ortho intramolecular Hbond substituents is 1. The molecule has 2 nitrogen and oxygen atoms in total. The highest BCUT2D eigenvalue weighted by molar-refractivity contribution is 5.41. The number of hydrogen-bond donors (Lipinski definition) is 2. The molecule has 0 heterocycles. The third-order valence-electron chi connectivity index (χ3n) is 2.35. The van der Waals surface area contributed by atoms with Gasteiger partial charge in [-0.05, 0) is 25.3 Å². The lowest BCUT2D eigenvalue weighted by Gasteiger charge is -2.13. The Morgan fingerprint density at radius 1 is 1.57 bits per heavy atom. The molecule has 0 aliphatic carbocycles. The van der Waals surface area contributed by atoms with Crippen molar-refractivity contribution in [2.24, 2.45) is 5.73 Å². The summed E-state index contributed by atoms with van der Waals surface area (Å²) in [6, 6.07) is 5.56. The van der Waals surface area contributed by atoms with E-state index in [0.29, 0.717) is 5.75 Å². The number of para-hydroxylation sites is 1. The van der Waals surface area contributed by atoms with Gasteiger partial charge >= 0.3 is 0 Å². The zero-order valence-corrected chi connectivity index (χ0v) is 8.53. The molecule has 0 aliphatic heterocycles. The van der Waals surface area contributed by atoms with Crippen LogP contribution in [0.1, 0.15) is 30.0 Å². The molecule has 0 saturated heterocycles. The van der Waals surface area contributed by atoms with Crippen LogP contribution in [0, 0.1) is 6.92 Å². The number of benzene rings is 1. The number of nitrogens with two attached hydrogens (primary N) is 1. The molecule has 76 valence electrons. The molecule has 0 saturated carbocycles. The van der Waals surface area contributed by atoms with Gasteiger partial charge in [-0.1, -0.05) is 24.3 Å². The molecule has 2 heteroatoms. The van der Waals surface area contributed by atoms with Crippen molar-refractivity contribution < 1.29 is 5.11 Å². The van der Waals surface area contributed by atoms with Crippen molar-refractivity contribution in [2.45, 2.75) is 25.8 Å². The van der Waals surface area contributed by atoms with Crippen molar-refractivity contribution in [1.29, 1.82) is 0 Å². The molecule has 0 aromatic heterocycles. The first-order valence-corrected chi connectivity index (χ1v) is 4.81. The Morgan fingerprint density at radius 2 is 2.29 bits per heavy atom. The topological polar surface area (TPSA) is 46.2 Å². The molecule has 1 rings (SSSR count). The number of rotatable bonds is 4. The summed E-state index contributed by atoms with van der Waals surface area (Å²) in [7, 11) is 0. The molecular weight excluding hydrogens is 174 g/mol. The number of aryl methyl sites for hydroxylation is 1. The molecule has 14 heavy (non-hydrogen) atoms. The highest BCUT2D eigenvalue weighted by Gasteiger charge is 2.10. The maximum absolute atomic E-state index is 9.76. The lowest BCUT2D eigenvalue weighted by Crippen LogP contribution is -2.10. The van der Waals surface area contributed by atoms with Gasteiger partial charge in [0.05, 0.1) is 0 Å². The minimum Gasteiger partial charge on any atom is -0.507 e. The minimum absolute atomic E-state index is 0.104. The van der Waals surface area contributed by atoms with Crippen molar-refractivity contribution in [2.75, 3.05) is 0 Å². The summed E-state index contributed by atoms with van der Waals surface area (Å²) in [5, 5.41) is 9.76. The van der Waals surface area contributed by atoms with Gasteiger partial charge in [-0.2, -0.15) is 0 Å². The van der Waals surface area contributed by atoms with Crippen molar-refractivity contribution >= 4 is 0 Å². The summed E-state index contributed by atoms with van der Waals surface area (Å²) in [6.45, 7) is 5.52. The van der Waals surface area contributed by atoms with E-state index in [0.717, 1.165) is 24.0 Å². The first kappa shape index (κ1) is 10.8. The fourth-order valence-electron chi connectivity index (χ4n) is 1.43. The maximum atomic E-state index is 9.76. The average Bonchev–Trinajstić information content (AvgIpc) is 2.18. The van der Waals surface area contributed by atoms with Crippen LogP contribution in [0.2, 0.25) is 0 Å². The lowest BCUT2D eigenvalue weighted by atomic mass is 10.00. The van der Waals surface area contributed by atoms with Crippen molar-refractivity contribution in [3.05, 3.63) is 42.0 Å². The molecule has 0 aliphatic rings. The highest BCUT2D eigenvalue weighted by Crippen LogP contribution is 2.28. The van der Waals surface area contributed by atoms with Gasteiger partial charge in [0.2, 0.25) is 0 Å². The van der Waals surface area contributed by atoms with E-state index in [1.807, 2.05) is 31.2 Å². The smallest absolute Gasteiger partial charge is 0.123 e. The second kappa shape index (κ2) is 4.82. The Hall–Kier alpha value is -1.28. The molecule has 0 unspecified atom stereocenters. The zero-order valence-electron chi connectivity index (χ0n) is 8.53. The van der Waals surface area contributed by atoms with Gasteiger partial charge in [0, 0.05) is 11.6 Å². The average molecular weight is 191 g/mol. The van der Waals surface area contributed by atoms with Crippen LogP contribution in [0.15, 0.2) is 30.9 Å². The molecule has 0 radical (unpaired) electrons. The van der Waals surface area contributed by atoms with E-state index in [1.165, 1.54) is 0 Å². The molecule has 0 amide bonds. The molecule has 0 bridgehead atoms. The van der Waals surface area contributed by atoms with Gasteiger partial charge in [0.1, 0.15) is 5.75 Å². The predicted octanol–water partition coefficient (Wildman–Crippen LogP) is 2.67. The first-order valence-electron chi connectivity index (χ1n) is 4.81. The summed E-state index contributed by atoms with van der Waals surface area (Å²) in [5.74, 6) is 0.323. The van der Waals surface area contributed by atoms with E-state index in [-0.39, 0.29) is 6.04 Å². The van der Waals surface area contributed by atoms with Gasteiger partial charge in [-0.3, -0.25) is 0 Å². The summed E-state index contributed by atoms with van der Waals surface area (Å²) in [4.78, 5) is 0. The molecule has 1 aromatic rings. The van der Waals surface area contributed by atoms with Crippen molar-refractivity contribution in [1.82, 2.24) is 0 Å². The second-order valence-corrected chi connectivity index (χ2v) is 3.49. The van der Waals surface area contributed by atoms with E-state index < -0.39 is 0 Å². The molecule has 1 atom stereocenters. The van der Waals surface area contributed by atoms with Gasteiger partial charge < -0.3 is 10.8 Å². The predicted molar refractivity (Wildman–Crippen MR) is 59.2 cm³/mol. The monoisotopic (exact) mass is 191 g/mol. The Labute approximate surface area is 85.1 Å². The molecule has 0 spiro atoms. The Balaban J connectivity index is 2.83. The molecule has 3 N–H and O–H groups in total. The van der Waals surface area contributed by atoms with Gasteiger partial charge in [0.25, 0.3) is 0 Å². The standard InChI is InChI=1S/C12H17NO/c1-3-4-8-11(13)10-7-5-6-9(2)12(10)14/h3,5-7,11,14H,1,4,8,13H2,2H3/t11-/m1/s1. The normalized spacial score (nSPS) is 12.4. The van der Waals surface area contributed by atoms with Gasteiger partial charge in [-0.25, -0.2) is 0 Å². The maximum Gasteiger partial charge on any atom is 0.123 e. The van der Waals surface area contributed by atoms with E-state index in [4.69, 9.17) is 5.73 Å². The quantitative estimate of drug-likeness (QED) is 0.719. The van der Waals surface area contributed by atoms with E-state index in [9.17, 15) is 5.11 Å². The van der Waals surface area contributed by atoms with Crippen LogP contribution in [-0.2, 0) is 0 Å². The lowest BCUT2D eigenvalue weighted by molar-refractivity contribution is 0.455. The van der Waals surface area contributed by atoms with Crippen molar-refractivity contribution in [3.8, 4) is 5.75 Å². The SMILES string of the molecule is C=CCC[C@@H](N)c1cccc(C)c1O. The Morgan fingerprint density at radius 3 is 2.93 bits per heavy atom. The molecule has 0 fully saturated rings. The third kappa shape index (κ3) is 2.36. The van der Waals surface area contributed by atoms with Crippen LogP contribution in [0.3, 0.4) is 0 Å². The van der Waals surface area contributed by atoms with E-state index in [1.54, 1.807) is 0 Å². The van der Waals surface area contributed by atoms with Gasteiger partial charge in [0.15, 0.2) is 0 Å². The number of hydrogen-bond acceptors (Lipinski definition) is 2. The summed E-state index contributed by atoms with van der Waals surface area (Å²) in [5.41, 5.74) is 7.64. The van der Waals surface area contributed by atoms with Crippen LogP contribution in [0.25, 0.3) is 0 Å². The fraction of sp³-hybridized carbons (Fsp3) is 0.333. The number of aromatic hydroxyl groups is 1. The van der Waals surface area contributed by atoms with Crippen molar-refractivity contribution in [3.63, 3.8) is 0 Å². The van der Waals surface area contributed by atoms with Crippen LogP contribution >= 0.6 is 0 Å². The molecule has 1 aromatic carbocycles. The summed E-state index contributed by atoms with van der Waals surface area (Å²) in [6.07, 6.45) is 3.53. The van der Waals surface area contributed by atoms with E-state index in [2.05, 4.69) is 6.58 Å². The van der Waals surface area contributed by atoms with E-state index >= 15 is 0 Å². The number of phenols is 1. The third-order valence-corrected chi connectivity index (χ3v) is 2.35.